The third-order valence-corrected chi connectivity index (χ3v) is 3.59. The lowest BCUT2D eigenvalue weighted by molar-refractivity contribution is 0.464. The van der Waals surface area contributed by atoms with Gasteiger partial charge in [0, 0.05) is 11.3 Å². The molecule has 0 aliphatic carbocycles. The summed E-state index contributed by atoms with van der Waals surface area (Å²) in [5.41, 5.74) is 1.98. The minimum absolute atomic E-state index is 0.119. The van der Waals surface area contributed by atoms with Gasteiger partial charge in [0.2, 0.25) is 0 Å². The fourth-order valence-electron chi connectivity index (χ4n) is 2.52. The maximum Gasteiger partial charge on any atom is 0.121 e. The molecule has 1 atom stereocenters. The number of nitrogens with zero attached hydrogens (tertiary/aromatic N) is 1. The van der Waals surface area contributed by atoms with E-state index in [0.29, 0.717) is 11.3 Å². The topological polar surface area (TPSA) is 46.5 Å². The van der Waals surface area contributed by atoms with Crippen molar-refractivity contribution in [3.8, 4) is 5.75 Å². The van der Waals surface area contributed by atoms with E-state index in [1.807, 2.05) is 54.6 Å². The van der Waals surface area contributed by atoms with Crippen molar-refractivity contribution in [3.05, 3.63) is 101 Å². The average molecular weight is 290 g/mol. The van der Waals surface area contributed by atoms with E-state index in [-0.39, 0.29) is 5.75 Å². The van der Waals surface area contributed by atoms with E-state index in [4.69, 9.17) is 0 Å². The van der Waals surface area contributed by atoms with Crippen LogP contribution in [0.1, 0.15) is 17.2 Å². The van der Waals surface area contributed by atoms with E-state index in [9.17, 15) is 10.3 Å². The van der Waals surface area contributed by atoms with Crippen LogP contribution in [0, 0.1) is 5.21 Å². The third kappa shape index (κ3) is 2.80. The van der Waals surface area contributed by atoms with E-state index >= 15 is 0 Å². The summed E-state index contributed by atoms with van der Waals surface area (Å²) in [6, 6.07) is 24.9. The quantitative estimate of drug-likeness (QED) is 0.720. The second kappa shape index (κ2) is 6.33. The standard InChI is InChI=1S/C19H16NO2/c21-18-14-8-7-13-17(18)19(15-9-3-1-4-10-15)20(22)16-11-5-2-6-12-16/h1-14,19,21H/q-1. The van der Waals surface area contributed by atoms with Crippen molar-refractivity contribution < 1.29 is 5.11 Å². The van der Waals surface area contributed by atoms with Gasteiger partial charge in [-0.1, -0.05) is 66.7 Å². The van der Waals surface area contributed by atoms with Crippen LogP contribution in [0.25, 0.3) is 0 Å². The molecule has 3 rings (SSSR count). The number of hydrogen-bond acceptors (Lipinski definition) is 3. The second-order valence-electron chi connectivity index (χ2n) is 5.03. The average Bonchev–Trinajstić information content (AvgIpc) is 2.58. The fraction of sp³-hybridized carbons (Fsp3) is 0.0526. The molecule has 3 aromatic rings. The molecule has 110 valence electrons. The fourth-order valence-corrected chi connectivity index (χ4v) is 2.52. The lowest BCUT2D eigenvalue weighted by atomic mass is 9.97. The van der Waals surface area contributed by atoms with Crippen LogP contribution < -0.4 is 5.06 Å². The van der Waals surface area contributed by atoms with Crippen molar-refractivity contribution in [2.24, 2.45) is 0 Å². The van der Waals surface area contributed by atoms with Gasteiger partial charge in [-0.25, -0.2) is 0 Å². The third-order valence-electron chi connectivity index (χ3n) is 3.59. The highest BCUT2D eigenvalue weighted by molar-refractivity contribution is 5.55. The summed E-state index contributed by atoms with van der Waals surface area (Å²) in [6.45, 7) is 0. The van der Waals surface area contributed by atoms with Gasteiger partial charge in [-0.15, -0.1) is 0 Å². The Labute approximate surface area is 129 Å². The first-order valence-corrected chi connectivity index (χ1v) is 7.11. The maximum atomic E-state index is 12.9. The highest BCUT2D eigenvalue weighted by atomic mass is 16.5. The summed E-state index contributed by atoms with van der Waals surface area (Å²) in [6.07, 6.45) is 0. The van der Waals surface area contributed by atoms with Crippen LogP contribution in [-0.2, 0) is 0 Å². The van der Waals surface area contributed by atoms with Crippen LogP contribution in [0.2, 0.25) is 0 Å². The number of benzene rings is 3. The second-order valence-corrected chi connectivity index (χ2v) is 5.03. The number of hydroxylamine groups is 1. The van der Waals surface area contributed by atoms with Gasteiger partial charge >= 0.3 is 0 Å². The van der Waals surface area contributed by atoms with Gasteiger partial charge in [-0.05, 0) is 23.8 Å². The van der Waals surface area contributed by atoms with Crippen molar-refractivity contribution in [1.82, 2.24) is 0 Å². The highest BCUT2D eigenvalue weighted by Gasteiger charge is 2.19. The zero-order valence-corrected chi connectivity index (χ0v) is 12.0. The SMILES string of the molecule is [O-]N(c1ccccc1)C(c1ccccc1)c1ccccc1O. The molecule has 0 aliphatic heterocycles. The monoisotopic (exact) mass is 290 g/mol. The van der Waals surface area contributed by atoms with Crippen molar-refractivity contribution >= 4 is 5.69 Å². The van der Waals surface area contributed by atoms with Crippen LogP contribution in [0.15, 0.2) is 84.9 Å². The molecule has 1 N–H and O–H groups in total. The normalized spacial score (nSPS) is 11.9. The Morgan fingerprint density at radius 1 is 0.727 bits per heavy atom. The van der Waals surface area contributed by atoms with Gasteiger partial charge in [-0.3, -0.25) is 0 Å². The van der Waals surface area contributed by atoms with Crippen molar-refractivity contribution in [3.63, 3.8) is 0 Å². The van der Waals surface area contributed by atoms with Gasteiger partial charge < -0.3 is 15.4 Å². The first-order valence-electron chi connectivity index (χ1n) is 7.11. The van der Waals surface area contributed by atoms with Gasteiger partial charge in [0.05, 0.1) is 6.04 Å². The van der Waals surface area contributed by atoms with Crippen molar-refractivity contribution in [1.29, 1.82) is 0 Å². The Morgan fingerprint density at radius 3 is 1.91 bits per heavy atom. The van der Waals surface area contributed by atoms with Crippen LogP contribution in [0.4, 0.5) is 5.69 Å². The molecule has 0 aromatic heterocycles. The Morgan fingerprint density at radius 2 is 1.27 bits per heavy atom. The minimum Gasteiger partial charge on any atom is -0.758 e. The molecule has 1 unspecified atom stereocenters. The molecule has 0 saturated heterocycles. The largest absolute Gasteiger partial charge is 0.758 e. The molecular formula is C19H16NO2-. The zero-order valence-electron chi connectivity index (χ0n) is 12.0. The van der Waals surface area contributed by atoms with Gasteiger partial charge in [0.15, 0.2) is 0 Å². The van der Waals surface area contributed by atoms with E-state index in [1.54, 1.807) is 30.3 Å². The molecule has 0 heterocycles. The summed E-state index contributed by atoms with van der Waals surface area (Å²) in [4.78, 5) is 0. The number of para-hydroxylation sites is 2. The summed E-state index contributed by atoms with van der Waals surface area (Å²) in [5, 5.41) is 24.0. The molecule has 3 aromatic carbocycles. The van der Waals surface area contributed by atoms with Crippen LogP contribution in [0.5, 0.6) is 5.75 Å². The Kier molecular flexibility index (Phi) is 4.08. The van der Waals surface area contributed by atoms with E-state index in [2.05, 4.69) is 0 Å². The molecule has 22 heavy (non-hydrogen) atoms. The molecule has 0 bridgehead atoms. The van der Waals surface area contributed by atoms with Gasteiger partial charge in [0.1, 0.15) is 5.75 Å². The molecule has 0 amide bonds. The Hall–Kier alpha value is -2.78. The molecule has 0 aliphatic rings. The highest BCUT2D eigenvalue weighted by Crippen LogP contribution is 2.36. The number of aromatic hydroxyl groups is 1. The van der Waals surface area contributed by atoms with Crippen molar-refractivity contribution in [2.45, 2.75) is 6.04 Å². The van der Waals surface area contributed by atoms with Crippen molar-refractivity contribution in [2.75, 3.05) is 5.06 Å². The minimum atomic E-state index is -0.593. The van der Waals surface area contributed by atoms with E-state index in [1.165, 1.54) is 0 Å². The maximum absolute atomic E-state index is 12.9. The molecule has 3 nitrogen and oxygen atoms in total. The van der Waals surface area contributed by atoms with Gasteiger partial charge in [0.25, 0.3) is 0 Å². The van der Waals surface area contributed by atoms with Crippen LogP contribution in [0.3, 0.4) is 0 Å². The Balaban J connectivity index is 2.10. The number of anilines is 1. The number of rotatable bonds is 4. The first-order chi connectivity index (χ1) is 10.8. The lowest BCUT2D eigenvalue weighted by Crippen LogP contribution is -2.23. The van der Waals surface area contributed by atoms with E-state index < -0.39 is 6.04 Å². The molecule has 0 fully saturated rings. The van der Waals surface area contributed by atoms with E-state index in [0.717, 1.165) is 10.6 Å². The predicted molar refractivity (Wildman–Crippen MR) is 88.7 cm³/mol. The first kappa shape index (κ1) is 14.2. The predicted octanol–water partition coefficient (Wildman–Crippen LogP) is 4.49. The smallest absolute Gasteiger partial charge is 0.121 e. The molecule has 0 saturated carbocycles. The van der Waals surface area contributed by atoms with Crippen LogP contribution >= 0.6 is 0 Å². The number of phenolic OH excluding ortho intramolecular Hbond substituents is 1. The summed E-state index contributed by atoms with van der Waals surface area (Å²) >= 11 is 0. The number of phenols is 1. The summed E-state index contributed by atoms with van der Waals surface area (Å²) in [5.74, 6) is 0.119. The zero-order chi connectivity index (χ0) is 15.4. The summed E-state index contributed by atoms with van der Waals surface area (Å²) in [7, 11) is 0. The lowest BCUT2D eigenvalue weighted by Gasteiger charge is -2.40. The molecular weight excluding hydrogens is 274 g/mol. The number of hydrogen-bond donors (Lipinski definition) is 1. The molecule has 0 spiro atoms. The summed E-state index contributed by atoms with van der Waals surface area (Å²) < 4.78 is 0. The van der Waals surface area contributed by atoms with Crippen LogP contribution in [-0.4, -0.2) is 5.11 Å². The van der Waals surface area contributed by atoms with Gasteiger partial charge in [-0.2, -0.15) is 0 Å². The Bertz CT molecular complexity index is 729. The molecule has 0 radical (unpaired) electrons. The molecule has 3 heteroatoms.